The topological polar surface area (TPSA) is 45.2 Å². The molecular weight excluding hydrogens is 358 g/mol. The van der Waals surface area contributed by atoms with E-state index in [0.29, 0.717) is 6.54 Å². The van der Waals surface area contributed by atoms with E-state index < -0.39 is 0 Å². The highest BCUT2D eigenvalue weighted by molar-refractivity contribution is 5.96. The first kappa shape index (κ1) is 19.2. The standard InChI is InChI=1S/C25H27N3O/c1-25(2)16-14-21-20(22-12-6-7-17-26-22)11-8-13-23(21)28(25)24(29)27-18-15-19-9-4-3-5-10-19/h3-13,17H,14-16,18H2,1-2H3,(H,27,29). The van der Waals surface area contributed by atoms with Crippen molar-refractivity contribution in [2.75, 3.05) is 11.4 Å². The van der Waals surface area contributed by atoms with E-state index in [4.69, 9.17) is 0 Å². The van der Waals surface area contributed by atoms with Crippen LogP contribution in [0.25, 0.3) is 11.3 Å². The number of hydrogen-bond donors (Lipinski definition) is 1. The highest BCUT2D eigenvalue weighted by Gasteiger charge is 2.37. The van der Waals surface area contributed by atoms with Gasteiger partial charge in [-0.1, -0.05) is 48.5 Å². The van der Waals surface area contributed by atoms with Crippen molar-refractivity contribution in [3.63, 3.8) is 0 Å². The number of anilines is 1. The third-order valence-electron chi connectivity index (χ3n) is 5.66. The summed E-state index contributed by atoms with van der Waals surface area (Å²) in [5, 5.41) is 3.13. The molecule has 148 valence electrons. The molecule has 0 bridgehead atoms. The molecule has 0 saturated carbocycles. The highest BCUT2D eigenvalue weighted by Crippen LogP contribution is 2.41. The van der Waals surface area contributed by atoms with Crippen LogP contribution in [-0.4, -0.2) is 23.1 Å². The quantitative estimate of drug-likeness (QED) is 0.668. The zero-order valence-electron chi connectivity index (χ0n) is 17.1. The van der Waals surface area contributed by atoms with Crippen LogP contribution in [0.4, 0.5) is 10.5 Å². The summed E-state index contributed by atoms with van der Waals surface area (Å²) < 4.78 is 0. The number of aromatic nitrogens is 1. The second kappa shape index (κ2) is 8.08. The van der Waals surface area contributed by atoms with E-state index in [1.165, 1.54) is 11.1 Å². The summed E-state index contributed by atoms with van der Waals surface area (Å²) in [6, 6.07) is 22.3. The molecule has 0 atom stereocenters. The maximum Gasteiger partial charge on any atom is 0.322 e. The van der Waals surface area contributed by atoms with Gasteiger partial charge in [-0.05, 0) is 62.4 Å². The molecule has 3 aromatic rings. The van der Waals surface area contributed by atoms with E-state index in [1.807, 2.05) is 53.6 Å². The van der Waals surface area contributed by atoms with Gasteiger partial charge >= 0.3 is 6.03 Å². The summed E-state index contributed by atoms with van der Waals surface area (Å²) in [6.07, 6.45) is 4.48. The first-order valence-corrected chi connectivity index (χ1v) is 10.2. The summed E-state index contributed by atoms with van der Waals surface area (Å²) in [5.41, 5.74) is 5.23. The van der Waals surface area contributed by atoms with Crippen molar-refractivity contribution < 1.29 is 4.79 Å². The Kier molecular flexibility index (Phi) is 5.34. The largest absolute Gasteiger partial charge is 0.337 e. The lowest BCUT2D eigenvalue weighted by atomic mass is 9.84. The Bertz CT molecular complexity index is 983. The van der Waals surface area contributed by atoms with Gasteiger partial charge in [0.2, 0.25) is 0 Å². The number of fused-ring (bicyclic) bond motifs is 1. The highest BCUT2D eigenvalue weighted by atomic mass is 16.2. The molecule has 4 heteroatoms. The van der Waals surface area contributed by atoms with Crippen LogP contribution in [0.3, 0.4) is 0 Å². The molecule has 0 spiro atoms. The first-order chi connectivity index (χ1) is 14.1. The fourth-order valence-corrected chi connectivity index (χ4v) is 4.10. The maximum absolute atomic E-state index is 13.2. The predicted molar refractivity (Wildman–Crippen MR) is 118 cm³/mol. The van der Waals surface area contributed by atoms with E-state index >= 15 is 0 Å². The van der Waals surface area contributed by atoms with E-state index in [-0.39, 0.29) is 11.6 Å². The minimum absolute atomic E-state index is 0.0370. The van der Waals surface area contributed by atoms with Crippen LogP contribution in [0.5, 0.6) is 0 Å². The number of pyridine rings is 1. The van der Waals surface area contributed by atoms with Gasteiger partial charge in [-0.25, -0.2) is 4.79 Å². The molecule has 0 unspecified atom stereocenters. The fraction of sp³-hybridized carbons (Fsp3) is 0.280. The van der Waals surface area contributed by atoms with Crippen LogP contribution in [-0.2, 0) is 12.8 Å². The Balaban J connectivity index is 1.59. The minimum atomic E-state index is -0.243. The van der Waals surface area contributed by atoms with Crippen molar-refractivity contribution in [3.05, 3.63) is 84.1 Å². The SMILES string of the molecule is CC1(C)CCc2c(-c3ccccn3)cccc2N1C(=O)NCCc1ccccc1. The molecule has 0 radical (unpaired) electrons. The van der Waals surface area contributed by atoms with Gasteiger partial charge in [0.25, 0.3) is 0 Å². The van der Waals surface area contributed by atoms with Gasteiger partial charge in [0.15, 0.2) is 0 Å². The molecule has 2 amide bonds. The molecule has 0 saturated heterocycles. The van der Waals surface area contributed by atoms with Crippen LogP contribution in [0.1, 0.15) is 31.4 Å². The van der Waals surface area contributed by atoms with Crippen molar-refractivity contribution >= 4 is 11.7 Å². The maximum atomic E-state index is 13.2. The number of urea groups is 1. The smallest absolute Gasteiger partial charge is 0.322 e. The number of amides is 2. The number of carbonyl (C=O) groups is 1. The third-order valence-corrected chi connectivity index (χ3v) is 5.66. The molecule has 29 heavy (non-hydrogen) atoms. The third kappa shape index (κ3) is 4.02. The molecule has 4 rings (SSSR count). The van der Waals surface area contributed by atoms with Crippen LogP contribution < -0.4 is 10.2 Å². The fourth-order valence-electron chi connectivity index (χ4n) is 4.10. The molecule has 1 N–H and O–H groups in total. The number of benzene rings is 2. The van der Waals surface area contributed by atoms with Crippen molar-refractivity contribution in [1.82, 2.24) is 10.3 Å². The second-order valence-electron chi connectivity index (χ2n) is 8.13. The summed E-state index contributed by atoms with van der Waals surface area (Å²) in [6.45, 7) is 4.89. The number of nitrogens with zero attached hydrogens (tertiary/aromatic N) is 2. The molecule has 2 aromatic carbocycles. The Hall–Kier alpha value is -3.14. The van der Waals surface area contributed by atoms with Crippen molar-refractivity contribution in [1.29, 1.82) is 0 Å². The monoisotopic (exact) mass is 385 g/mol. The Labute approximate surface area is 172 Å². The lowest BCUT2D eigenvalue weighted by Crippen LogP contribution is -2.55. The molecule has 2 heterocycles. The summed E-state index contributed by atoms with van der Waals surface area (Å²) in [7, 11) is 0. The first-order valence-electron chi connectivity index (χ1n) is 10.2. The average molecular weight is 386 g/mol. The number of rotatable bonds is 4. The van der Waals surface area contributed by atoms with Crippen molar-refractivity contribution in [2.24, 2.45) is 0 Å². The molecule has 0 fully saturated rings. The molecule has 1 aliphatic heterocycles. The summed E-state index contributed by atoms with van der Waals surface area (Å²) in [5.74, 6) is 0. The molecule has 1 aromatic heterocycles. The zero-order chi connectivity index (χ0) is 20.3. The number of hydrogen-bond acceptors (Lipinski definition) is 2. The second-order valence-corrected chi connectivity index (χ2v) is 8.13. The molecule has 0 aliphatic carbocycles. The van der Waals surface area contributed by atoms with Gasteiger partial charge in [0, 0.05) is 29.5 Å². The van der Waals surface area contributed by atoms with Gasteiger partial charge in [-0.15, -0.1) is 0 Å². The van der Waals surface area contributed by atoms with Crippen LogP contribution in [0, 0.1) is 0 Å². The van der Waals surface area contributed by atoms with Crippen LogP contribution in [0.2, 0.25) is 0 Å². The lowest BCUT2D eigenvalue weighted by molar-refractivity contribution is 0.237. The number of nitrogens with one attached hydrogen (secondary N) is 1. The van der Waals surface area contributed by atoms with E-state index in [2.05, 4.69) is 48.4 Å². The molecule has 4 nitrogen and oxygen atoms in total. The Morgan fingerprint density at radius 2 is 1.83 bits per heavy atom. The van der Waals surface area contributed by atoms with Crippen molar-refractivity contribution in [2.45, 2.75) is 38.6 Å². The van der Waals surface area contributed by atoms with E-state index in [1.54, 1.807) is 0 Å². The van der Waals surface area contributed by atoms with Crippen LogP contribution in [0.15, 0.2) is 72.9 Å². The number of carbonyl (C=O) groups excluding carboxylic acids is 1. The Morgan fingerprint density at radius 1 is 1.03 bits per heavy atom. The van der Waals surface area contributed by atoms with Gasteiger partial charge in [0.05, 0.1) is 5.69 Å². The summed E-state index contributed by atoms with van der Waals surface area (Å²) >= 11 is 0. The molecular formula is C25H27N3O. The van der Waals surface area contributed by atoms with Gasteiger partial charge < -0.3 is 5.32 Å². The van der Waals surface area contributed by atoms with Crippen molar-refractivity contribution in [3.8, 4) is 11.3 Å². The average Bonchev–Trinajstić information content (AvgIpc) is 2.74. The normalized spacial score (nSPS) is 14.9. The minimum Gasteiger partial charge on any atom is -0.337 e. The van der Waals surface area contributed by atoms with Gasteiger partial charge in [-0.3, -0.25) is 9.88 Å². The lowest BCUT2D eigenvalue weighted by Gasteiger charge is -2.43. The van der Waals surface area contributed by atoms with Gasteiger partial charge in [0.1, 0.15) is 0 Å². The Morgan fingerprint density at radius 3 is 2.59 bits per heavy atom. The summed E-state index contributed by atoms with van der Waals surface area (Å²) in [4.78, 5) is 19.7. The van der Waals surface area contributed by atoms with Gasteiger partial charge in [-0.2, -0.15) is 0 Å². The zero-order valence-corrected chi connectivity index (χ0v) is 17.1. The predicted octanol–water partition coefficient (Wildman–Crippen LogP) is 5.23. The molecule has 1 aliphatic rings. The van der Waals surface area contributed by atoms with E-state index in [0.717, 1.165) is 36.2 Å². The van der Waals surface area contributed by atoms with E-state index in [9.17, 15) is 4.79 Å². The van der Waals surface area contributed by atoms with Crippen LogP contribution >= 0.6 is 0 Å².